The van der Waals surface area contributed by atoms with Crippen LogP contribution >= 0.6 is 11.6 Å². The molecular weight excluding hydrogens is 291 g/mol. The smallest absolute Gasteiger partial charge is 0.142 e. The van der Waals surface area contributed by atoms with Crippen LogP contribution in [0.4, 0.5) is 4.39 Å². The molecule has 108 valence electrons. The van der Waals surface area contributed by atoms with E-state index in [1.807, 2.05) is 25.2 Å². The van der Waals surface area contributed by atoms with Crippen LogP contribution in [0.5, 0.6) is 5.75 Å². The van der Waals surface area contributed by atoms with Crippen molar-refractivity contribution in [3.05, 3.63) is 63.9 Å². The molecule has 0 fully saturated rings. The molecule has 0 amide bonds. The van der Waals surface area contributed by atoms with Gasteiger partial charge >= 0.3 is 0 Å². The normalized spacial score (nSPS) is 10.2. The SMILES string of the molecule is CNCc1cccc(Cl)c1OCc1cc(F)ccc1C#N. The summed E-state index contributed by atoms with van der Waals surface area (Å²) < 4.78 is 19.0. The van der Waals surface area contributed by atoms with Gasteiger partial charge in [0.2, 0.25) is 0 Å². The standard InChI is InChI=1S/C16H14ClFN2O/c1-20-9-12-3-2-4-15(17)16(12)21-10-13-7-14(18)6-5-11(13)8-19/h2-7,20H,9-10H2,1H3. The van der Waals surface area contributed by atoms with Gasteiger partial charge in [0.15, 0.2) is 0 Å². The number of hydrogen-bond acceptors (Lipinski definition) is 3. The van der Waals surface area contributed by atoms with Gasteiger partial charge in [-0.1, -0.05) is 23.7 Å². The van der Waals surface area contributed by atoms with Gasteiger partial charge in [0.25, 0.3) is 0 Å². The second kappa shape index (κ2) is 7.07. The summed E-state index contributed by atoms with van der Waals surface area (Å²) >= 11 is 6.14. The monoisotopic (exact) mass is 304 g/mol. The third-order valence-electron chi connectivity index (χ3n) is 2.98. The lowest BCUT2D eigenvalue weighted by Crippen LogP contribution is -2.08. The number of benzene rings is 2. The minimum atomic E-state index is -0.401. The molecule has 0 bridgehead atoms. The molecule has 0 saturated carbocycles. The van der Waals surface area contributed by atoms with Crippen molar-refractivity contribution >= 4 is 11.6 Å². The minimum Gasteiger partial charge on any atom is -0.487 e. The molecule has 0 aliphatic heterocycles. The first-order chi connectivity index (χ1) is 10.2. The van der Waals surface area contributed by atoms with Crippen LogP contribution in [0.2, 0.25) is 5.02 Å². The molecule has 2 rings (SSSR count). The van der Waals surface area contributed by atoms with E-state index in [0.717, 1.165) is 5.56 Å². The van der Waals surface area contributed by atoms with E-state index < -0.39 is 5.82 Å². The summed E-state index contributed by atoms with van der Waals surface area (Å²) in [7, 11) is 1.82. The van der Waals surface area contributed by atoms with Crippen molar-refractivity contribution in [1.82, 2.24) is 5.32 Å². The minimum absolute atomic E-state index is 0.0844. The Kier molecular flexibility index (Phi) is 5.15. The molecule has 0 unspecified atom stereocenters. The van der Waals surface area contributed by atoms with Crippen LogP contribution in [0, 0.1) is 17.1 Å². The molecule has 0 aliphatic rings. The Bertz CT molecular complexity index is 682. The number of ether oxygens (including phenoxy) is 1. The highest BCUT2D eigenvalue weighted by molar-refractivity contribution is 6.32. The maximum atomic E-state index is 13.3. The largest absolute Gasteiger partial charge is 0.487 e. The van der Waals surface area contributed by atoms with Crippen LogP contribution in [-0.4, -0.2) is 7.05 Å². The fraction of sp³-hybridized carbons (Fsp3) is 0.188. The number of hydrogen-bond donors (Lipinski definition) is 1. The van der Waals surface area contributed by atoms with Gasteiger partial charge in [-0.3, -0.25) is 0 Å². The zero-order valence-corrected chi connectivity index (χ0v) is 12.2. The van der Waals surface area contributed by atoms with Crippen molar-refractivity contribution in [3.8, 4) is 11.8 Å². The quantitative estimate of drug-likeness (QED) is 0.917. The highest BCUT2D eigenvalue weighted by Gasteiger charge is 2.10. The summed E-state index contributed by atoms with van der Waals surface area (Å²) in [5.74, 6) is 0.142. The molecule has 2 aromatic carbocycles. The van der Waals surface area contributed by atoms with Crippen molar-refractivity contribution in [3.63, 3.8) is 0 Å². The Labute approximate surface area is 127 Å². The molecule has 0 aliphatic carbocycles. The van der Waals surface area contributed by atoms with E-state index in [0.29, 0.717) is 28.4 Å². The second-order valence-electron chi connectivity index (χ2n) is 4.46. The molecule has 21 heavy (non-hydrogen) atoms. The molecular formula is C16H14ClFN2O. The van der Waals surface area contributed by atoms with Gasteiger partial charge in [0.05, 0.1) is 16.7 Å². The molecule has 0 spiro atoms. The van der Waals surface area contributed by atoms with Crippen LogP contribution in [0.25, 0.3) is 0 Å². The number of nitrogens with one attached hydrogen (secondary N) is 1. The Morgan fingerprint density at radius 3 is 2.81 bits per heavy atom. The van der Waals surface area contributed by atoms with Gasteiger partial charge in [-0.2, -0.15) is 5.26 Å². The predicted molar refractivity (Wildman–Crippen MR) is 79.7 cm³/mol. The Balaban J connectivity index is 2.25. The van der Waals surface area contributed by atoms with E-state index in [1.165, 1.54) is 18.2 Å². The van der Waals surface area contributed by atoms with Crippen molar-refractivity contribution in [1.29, 1.82) is 5.26 Å². The average Bonchev–Trinajstić information content (AvgIpc) is 2.47. The van der Waals surface area contributed by atoms with Crippen LogP contribution in [0.1, 0.15) is 16.7 Å². The Hall–Kier alpha value is -2.09. The number of para-hydroxylation sites is 1. The first-order valence-corrected chi connectivity index (χ1v) is 6.77. The van der Waals surface area contributed by atoms with E-state index in [4.69, 9.17) is 21.6 Å². The predicted octanol–water partition coefficient (Wildman–Crippen LogP) is 3.65. The molecule has 0 radical (unpaired) electrons. The van der Waals surface area contributed by atoms with Crippen molar-refractivity contribution < 1.29 is 9.13 Å². The first-order valence-electron chi connectivity index (χ1n) is 6.39. The lowest BCUT2D eigenvalue weighted by atomic mass is 10.1. The molecule has 5 heteroatoms. The van der Waals surface area contributed by atoms with Crippen LogP contribution in [-0.2, 0) is 13.2 Å². The fourth-order valence-corrected chi connectivity index (χ4v) is 2.23. The summed E-state index contributed by atoms with van der Waals surface area (Å²) in [4.78, 5) is 0. The van der Waals surface area contributed by atoms with E-state index in [9.17, 15) is 4.39 Å². The molecule has 0 heterocycles. The van der Waals surface area contributed by atoms with Crippen LogP contribution < -0.4 is 10.1 Å². The third-order valence-corrected chi connectivity index (χ3v) is 3.27. The second-order valence-corrected chi connectivity index (χ2v) is 4.87. The van der Waals surface area contributed by atoms with Gasteiger partial charge in [-0.25, -0.2) is 4.39 Å². The fourth-order valence-electron chi connectivity index (χ4n) is 1.99. The molecule has 3 nitrogen and oxygen atoms in total. The molecule has 0 atom stereocenters. The van der Waals surface area contributed by atoms with E-state index >= 15 is 0 Å². The van der Waals surface area contributed by atoms with E-state index in [1.54, 1.807) is 6.07 Å². The summed E-state index contributed by atoms with van der Waals surface area (Å²) in [6.07, 6.45) is 0. The Morgan fingerprint density at radius 1 is 1.29 bits per heavy atom. The van der Waals surface area contributed by atoms with Crippen LogP contribution in [0.15, 0.2) is 36.4 Å². The van der Waals surface area contributed by atoms with Crippen molar-refractivity contribution in [2.45, 2.75) is 13.2 Å². The number of nitriles is 1. The summed E-state index contributed by atoms with van der Waals surface area (Å²) in [5, 5.41) is 12.6. The molecule has 0 aromatic heterocycles. The topological polar surface area (TPSA) is 45.0 Å². The summed E-state index contributed by atoms with van der Waals surface area (Å²) in [6, 6.07) is 11.5. The van der Waals surface area contributed by atoms with Crippen LogP contribution in [0.3, 0.4) is 0 Å². The van der Waals surface area contributed by atoms with Gasteiger partial charge < -0.3 is 10.1 Å². The summed E-state index contributed by atoms with van der Waals surface area (Å²) in [5.41, 5.74) is 1.78. The van der Waals surface area contributed by atoms with E-state index in [-0.39, 0.29) is 6.61 Å². The maximum Gasteiger partial charge on any atom is 0.142 e. The summed E-state index contributed by atoms with van der Waals surface area (Å²) in [6.45, 7) is 0.686. The van der Waals surface area contributed by atoms with Gasteiger partial charge in [-0.15, -0.1) is 0 Å². The van der Waals surface area contributed by atoms with Gasteiger partial charge in [0, 0.05) is 17.7 Å². The van der Waals surface area contributed by atoms with E-state index in [2.05, 4.69) is 5.32 Å². The lowest BCUT2D eigenvalue weighted by Gasteiger charge is -2.13. The highest BCUT2D eigenvalue weighted by atomic mass is 35.5. The van der Waals surface area contributed by atoms with Gasteiger partial charge in [0.1, 0.15) is 18.2 Å². The lowest BCUT2D eigenvalue weighted by molar-refractivity contribution is 0.301. The van der Waals surface area contributed by atoms with Gasteiger partial charge in [-0.05, 0) is 31.3 Å². The average molecular weight is 305 g/mol. The number of rotatable bonds is 5. The zero-order valence-electron chi connectivity index (χ0n) is 11.5. The number of nitrogens with zero attached hydrogens (tertiary/aromatic N) is 1. The molecule has 2 aromatic rings. The zero-order chi connectivity index (χ0) is 15.2. The van der Waals surface area contributed by atoms with Crippen molar-refractivity contribution in [2.24, 2.45) is 0 Å². The Morgan fingerprint density at radius 2 is 2.10 bits per heavy atom. The third kappa shape index (κ3) is 3.72. The van der Waals surface area contributed by atoms with Crippen molar-refractivity contribution in [2.75, 3.05) is 7.05 Å². The molecule has 0 saturated heterocycles. The number of halogens is 2. The maximum absolute atomic E-state index is 13.3. The first kappa shape index (κ1) is 15.3. The molecule has 1 N–H and O–H groups in total. The highest BCUT2D eigenvalue weighted by Crippen LogP contribution is 2.29.